The SMILES string of the molecule is ClCc1ccc2c(c1)N(Cc1ccccc1)CCS2. The van der Waals surface area contributed by atoms with Crippen LogP contribution in [0.3, 0.4) is 0 Å². The van der Waals surface area contributed by atoms with Crippen LogP contribution in [0, 0.1) is 0 Å². The van der Waals surface area contributed by atoms with Crippen LogP contribution in [0.4, 0.5) is 5.69 Å². The highest BCUT2D eigenvalue weighted by molar-refractivity contribution is 7.99. The van der Waals surface area contributed by atoms with Crippen molar-refractivity contribution in [3.05, 3.63) is 59.7 Å². The topological polar surface area (TPSA) is 3.24 Å². The lowest BCUT2D eigenvalue weighted by Gasteiger charge is -2.31. The molecule has 0 amide bonds. The van der Waals surface area contributed by atoms with E-state index in [4.69, 9.17) is 11.6 Å². The first-order chi connectivity index (χ1) is 9.36. The molecule has 0 atom stereocenters. The number of nitrogens with zero attached hydrogens (tertiary/aromatic N) is 1. The molecule has 0 spiro atoms. The predicted octanol–water partition coefficient (Wildman–Crippen LogP) is 4.54. The van der Waals surface area contributed by atoms with Crippen molar-refractivity contribution in [2.24, 2.45) is 0 Å². The van der Waals surface area contributed by atoms with Gasteiger partial charge in [-0.2, -0.15) is 0 Å². The number of hydrogen-bond donors (Lipinski definition) is 0. The highest BCUT2D eigenvalue weighted by Gasteiger charge is 2.17. The zero-order chi connectivity index (χ0) is 13.1. The molecule has 0 fully saturated rings. The molecule has 0 aromatic heterocycles. The van der Waals surface area contributed by atoms with Gasteiger partial charge in [0.05, 0.1) is 5.69 Å². The zero-order valence-corrected chi connectivity index (χ0v) is 12.3. The van der Waals surface area contributed by atoms with Crippen LogP contribution >= 0.6 is 23.4 Å². The third-order valence-electron chi connectivity index (χ3n) is 3.35. The lowest BCUT2D eigenvalue weighted by Crippen LogP contribution is -2.28. The Morgan fingerprint density at radius 3 is 2.68 bits per heavy atom. The molecule has 0 saturated heterocycles. The summed E-state index contributed by atoms with van der Waals surface area (Å²) in [5, 5.41) is 0. The van der Waals surface area contributed by atoms with Gasteiger partial charge in [-0.15, -0.1) is 23.4 Å². The standard InChI is InChI=1S/C16H16ClNS/c17-11-14-6-7-16-15(10-14)18(8-9-19-16)12-13-4-2-1-3-5-13/h1-7,10H,8-9,11-12H2. The van der Waals surface area contributed by atoms with Gasteiger partial charge in [-0.25, -0.2) is 0 Å². The molecule has 0 saturated carbocycles. The largest absolute Gasteiger partial charge is 0.365 e. The average Bonchev–Trinajstić information content (AvgIpc) is 2.48. The second-order valence-corrected chi connectivity index (χ2v) is 6.10. The molecule has 3 rings (SSSR count). The van der Waals surface area contributed by atoms with Gasteiger partial charge in [0.15, 0.2) is 0 Å². The first kappa shape index (κ1) is 12.9. The van der Waals surface area contributed by atoms with E-state index >= 15 is 0 Å². The molecule has 0 aliphatic carbocycles. The van der Waals surface area contributed by atoms with Crippen LogP contribution < -0.4 is 4.90 Å². The zero-order valence-electron chi connectivity index (χ0n) is 10.7. The van der Waals surface area contributed by atoms with Gasteiger partial charge in [-0.3, -0.25) is 0 Å². The number of fused-ring (bicyclic) bond motifs is 1. The summed E-state index contributed by atoms with van der Waals surface area (Å²) in [5.74, 6) is 1.73. The molecular weight excluding hydrogens is 274 g/mol. The summed E-state index contributed by atoms with van der Waals surface area (Å²) >= 11 is 7.89. The van der Waals surface area contributed by atoms with Gasteiger partial charge < -0.3 is 4.90 Å². The molecule has 1 nitrogen and oxygen atoms in total. The first-order valence-electron chi connectivity index (χ1n) is 6.47. The summed E-state index contributed by atoms with van der Waals surface area (Å²) in [4.78, 5) is 3.83. The third kappa shape index (κ3) is 2.90. The van der Waals surface area contributed by atoms with Crippen LogP contribution in [0.25, 0.3) is 0 Å². The van der Waals surface area contributed by atoms with Crippen molar-refractivity contribution >= 4 is 29.1 Å². The minimum absolute atomic E-state index is 0.580. The van der Waals surface area contributed by atoms with Crippen LogP contribution in [0.2, 0.25) is 0 Å². The van der Waals surface area contributed by atoms with Crippen molar-refractivity contribution in [2.75, 3.05) is 17.2 Å². The van der Waals surface area contributed by atoms with E-state index in [0.717, 1.165) is 18.8 Å². The van der Waals surface area contributed by atoms with Crippen molar-refractivity contribution < 1.29 is 0 Å². The Hall–Kier alpha value is -1.12. The first-order valence-corrected chi connectivity index (χ1v) is 7.99. The molecule has 0 unspecified atom stereocenters. The van der Waals surface area contributed by atoms with E-state index in [1.807, 2.05) is 11.8 Å². The maximum atomic E-state index is 5.95. The van der Waals surface area contributed by atoms with Crippen molar-refractivity contribution in [3.8, 4) is 0 Å². The van der Waals surface area contributed by atoms with Crippen LogP contribution in [0.5, 0.6) is 0 Å². The maximum Gasteiger partial charge on any atom is 0.0510 e. The Balaban J connectivity index is 1.89. The molecule has 1 aliphatic rings. The lowest BCUT2D eigenvalue weighted by molar-refractivity contribution is 0.816. The summed E-state index contributed by atoms with van der Waals surface area (Å²) in [6, 6.07) is 17.2. The number of hydrogen-bond acceptors (Lipinski definition) is 2. The minimum atomic E-state index is 0.580. The van der Waals surface area contributed by atoms with Gasteiger partial charge in [0, 0.05) is 29.6 Å². The van der Waals surface area contributed by atoms with Crippen LogP contribution in [0.1, 0.15) is 11.1 Å². The van der Waals surface area contributed by atoms with E-state index in [1.54, 1.807) is 0 Å². The van der Waals surface area contributed by atoms with Crippen LogP contribution in [0.15, 0.2) is 53.4 Å². The molecule has 1 aliphatic heterocycles. The van der Waals surface area contributed by atoms with Gasteiger partial charge in [0.1, 0.15) is 0 Å². The number of benzene rings is 2. The van der Waals surface area contributed by atoms with Gasteiger partial charge >= 0.3 is 0 Å². The smallest absolute Gasteiger partial charge is 0.0510 e. The number of rotatable bonds is 3. The molecule has 0 N–H and O–H groups in total. The van der Waals surface area contributed by atoms with E-state index in [-0.39, 0.29) is 0 Å². The van der Waals surface area contributed by atoms with Crippen LogP contribution in [-0.2, 0) is 12.4 Å². The number of thioether (sulfide) groups is 1. The normalized spacial score (nSPS) is 14.3. The Kier molecular flexibility index (Phi) is 4.00. The van der Waals surface area contributed by atoms with Crippen molar-refractivity contribution in [1.29, 1.82) is 0 Å². The molecule has 2 aromatic carbocycles. The van der Waals surface area contributed by atoms with E-state index in [0.29, 0.717) is 5.88 Å². The fourth-order valence-electron chi connectivity index (χ4n) is 2.37. The number of anilines is 1. The Labute approximate surface area is 123 Å². The van der Waals surface area contributed by atoms with Crippen molar-refractivity contribution in [3.63, 3.8) is 0 Å². The predicted molar refractivity (Wildman–Crippen MR) is 84.2 cm³/mol. The molecule has 19 heavy (non-hydrogen) atoms. The Morgan fingerprint density at radius 1 is 1.05 bits per heavy atom. The average molecular weight is 290 g/mol. The molecular formula is C16H16ClNS. The Bertz CT molecular complexity index is 556. The van der Waals surface area contributed by atoms with E-state index in [1.165, 1.54) is 21.7 Å². The summed E-state index contributed by atoms with van der Waals surface area (Å²) in [6.45, 7) is 2.07. The van der Waals surface area contributed by atoms with Crippen molar-refractivity contribution in [2.45, 2.75) is 17.3 Å². The van der Waals surface area contributed by atoms with Gasteiger partial charge in [0.25, 0.3) is 0 Å². The highest BCUT2D eigenvalue weighted by atomic mass is 35.5. The quantitative estimate of drug-likeness (QED) is 0.763. The third-order valence-corrected chi connectivity index (χ3v) is 4.70. The Morgan fingerprint density at radius 2 is 1.89 bits per heavy atom. The second kappa shape index (κ2) is 5.89. The number of halogens is 1. The molecule has 98 valence electrons. The van der Waals surface area contributed by atoms with Gasteiger partial charge in [-0.1, -0.05) is 36.4 Å². The molecule has 0 bridgehead atoms. The van der Waals surface area contributed by atoms with Crippen molar-refractivity contribution in [1.82, 2.24) is 0 Å². The summed E-state index contributed by atoms with van der Waals surface area (Å²) in [7, 11) is 0. The number of alkyl halides is 1. The van der Waals surface area contributed by atoms with E-state index in [9.17, 15) is 0 Å². The summed E-state index contributed by atoms with van der Waals surface area (Å²) < 4.78 is 0. The minimum Gasteiger partial charge on any atom is -0.365 e. The monoisotopic (exact) mass is 289 g/mol. The lowest BCUT2D eigenvalue weighted by atomic mass is 10.1. The maximum absolute atomic E-state index is 5.95. The fourth-order valence-corrected chi connectivity index (χ4v) is 3.57. The van der Waals surface area contributed by atoms with E-state index in [2.05, 4.69) is 53.4 Å². The molecule has 2 aromatic rings. The van der Waals surface area contributed by atoms with E-state index < -0.39 is 0 Å². The van der Waals surface area contributed by atoms with Gasteiger partial charge in [0.2, 0.25) is 0 Å². The molecule has 3 heteroatoms. The molecule has 0 radical (unpaired) electrons. The summed E-state index contributed by atoms with van der Waals surface area (Å²) in [5.41, 5.74) is 3.89. The fraction of sp³-hybridized carbons (Fsp3) is 0.250. The van der Waals surface area contributed by atoms with Crippen LogP contribution in [-0.4, -0.2) is 12.3 Å². The highest BCUT2D eigenvalue weighted by Crippen LogP contribution is 2.36. The van der Waals surface area contributed by atoms with Gasteiger partial charge in [-0.05, 0) is 23.3 Å². The summed E-state index contributed by atoms with van der Waals surface area (Å²) in [6.07, 6.45) is 0. The molecule has 1 heterocycles. The second-order valence-electron chi connectivity index (χ2n) is 4.69.